The van der Waals surface area contributed by atoms with Gasteiger partial charge in [0.05, 0.1) is 5.56 Å². The van der Waals surface area contributed by atoms with E-state index in [2.05, 4.69) is 13.8 Å². The van der Waals surface area contributed by atoms with E-state index in [0.29, 0.717) is 11.5 Å². The first kappa shape index (κ1) is 9.25. The maximum Gasteiger partial charge on any atom is 0.335 e. The number of aromatic carboxylic acids is 1. The highest BCUT2D eigenvalue weighted by Crippen LogP contribution is 2.59. The van der Waals surface area contributed by atoms with Crippen molar-refractivity contribution in [1.29, 1.82) is 0 Å². The van der Waals surface area contributed by atoms with Crippen molar-refractivity contribution in [3.05, 3.63) is 35.4 Å². The first-order chi connectivity index (χ1) is 6.52. The highest BCUT2D eigenvalue weighted by molar-refractivity contribution is 5.89. The number of hydrogen-bond acceptors (Lipinski definition) is 1. The molecule has 0 radical (unpaired) electrons. The molecule has 14 heavy (non-hydrogen) atoms. The van der Waals surface area contributed by atoms with E-state index in [1.807, 2.05) is 12.1 Å². The summed E-state index contributed by atoms with van der Waals surface area (Å²) >= 11 is 0. The topological polar surface area (TPSA) is 37.3 Å². The van der Waals surface area contributed by atoms with Crippen LogP contribution < -0.4 is 0 Å². The predicted octanol–water partition coefficient (Wildman–Crippen LogP) is 2.90. The summed E-state index contributed by atoms with van der Waals surface area (Å²) in [6, 6.07) is 7.31. The van der Waals surface area contributed by atoms with Crippen LogP contribution in [0.2, 0.25) is 0 Å². The van der Waals surface area contributed by atoms with Gasteiger partial charge in [0.2, 0.25) is 0 Å². The van der Waals surface area contributed by atoms with Gasteiger partial charge < -0.3 is 5.11 Å². The van der Waals surface area contributed by atoms with Crippen LogP contribution in [0.15, 0.2) is 24.3 Å². The monoisotopic (exact) mass is 190 g/mol. The molecular weight excluding hydrogens is 176 g/mol. The second-order valence-electron chi connectivity index (χ2n) is 4.64. The standard InChI is InChI=1S/C12H14O2/c1-12(2)7-10(12)8-5-3-4-6-9(8)11(13)14/h3-6,10H,7H2,1-2H3,(H,13,14). The molecule has 1 saturated carbocycles. The van der Waals surface area contributed by atoms with Gasteiger partial charge in [-0.2, -0.15) is 0 Å². The molecule has 1 unspecified atom stereocenters. The second kappa shape index (κ2) is 2.84. The van der Waals surface area contributed by atoms with Crippen molar-refractivity contribution in [2.45, 2.75) is 26.2 Å². The van der Waals surface area contributed by atoms with Crippen molar-refractivity contribution in [2.24, 2.45) is 5.41 Å². The van der Waals surface area contributed by atoms with Crippen LogP contribution in [0, 0.1) is 5.41 Å². The van der Waals surface area contributed by atoms with Crippen molar-refractivity contribution >= 4 is 5.97 Å². The Balaban J connectivity index is 2.39. The summed E-state index contributed by atoms with van der Waals surface area (Å²) in [4.78, 5) is 11.0. The Kier molecular flexibility index (Phi) is 1.88. The van der Waals surface area contributed by atoms with Gasteiger partial charge in [0, 0.05) is 0 Å². The van der Waals surface area contributed by atoms with Crippen LogP contribution in [0.5, 0.6) is 0 Å². The third-order valence-electron chi connectivity index (χ3n) is 3.08. The third kappa shape index (κ3) is 1.41. The molecule has 2 heteroatoms. The molecule has 1 aromatic carbocycles. The Hall–Kier alpha value is -1.31. The van der Waals surface area contributed by atoms with Crippen LogP contribution in [0.4, 0.5) is 0 Å². The molecule has 1 aliphatic rings. The zero-order chi connectivity index (χ0) is 10.3. The molecule has 1 aliphatic carbocycles. The zero-order valence-corrected chi connectivity index (χ0v) is 8.45. The van der Waals surface area contributed by atoms with E-state index < -0.39 is 5.97 Å². The Bertz CT molecular complexity index is 380. The Morgan fingerprint density at radius 3 is 2.50 bits per heavy atom. The summed E-state index contributed by atoms with van der Waals surface area (Å²) in [5, 5.41) is 9.01. The third-order valence-corrected chi connectivity index (χ3v) is 3.08. The van der Waals surface area contributed by atoms with Crippen molar-refractivity contribution in [3.8, 4) is 0 Å². The lowest BCUT2D eigenvalue weighted by molar-refractivity contribution is 0.0695. The first-order valence-corrected chi connectivity index (χ1v) is 4.84. The van der Waals surface area contributed by atoms with Crippen LogP contribution in [0.3, 0.4) is 0 Å². The summed E-state index contributed by atoms with van der Waals surface area (Å²) < 4.78 is 0. The van der Waals surface area contributed by atoms with Gasteiger partial charge in [-0.25, -0.2) is 4.79 Å². The fourth-order valence-electron chi connectivity index (χ4n) is 1.99. The van der Waals surface area contributed by atoms with E-state index in [1.165, 1.54) is 0 Å². The molecule has 0 bridgehead atoms. The molecule has 1 atom stereocenters. The van der Waals surface area contributed by atoms with E-state index in [0.717, 1.165) is 12.0 Å². The van der Waals surface area contributed by atoms with E-state index in [1.54, 1.807) is 12.1 Å². The highest BCUT2D eigenvalue weighted by Gasteiger charge is 2.47. The molecule has 0 heterocycles. The van der Waals surface area contributed by atoms with Crippen LogP contribution in [-0.4, -0.2) is 11.1 Å². The maximum atomic E-state index is 11.0. The number of hydrogen-bond donors (Lipinski definition) is 1. The van der Waals surface area contributed by atoms with Crippen molar-refractivity contribution < 1.29 is 9.90 Å². The molecule has 0 amide bonds. The van der Waals surface area contributed by atoms with Crippen molar-refractivity contribution in [2.75, 3.05) is 0 Å². The van der Waals surface area contributed by atoms with Gasteiger partial charge in [-0.05, 0) is 29.4 Å². The van der Waals surface area contributed by atoms with Gasteiger partial charge in [-0.15, -0.1) is 0 Å². The van der Waals surface area contributed by atoms with Crippen molar-refractivity contribution in [1.82, 2.24) is 0 Å². The van der Waals surface area contributed by atoms with Crippen LogP contribution >= 0.6 is 0 Å². The number of carboxylic acids is 1. The molecule has 1 N–H and O–H groups in total. The van der Waals surface area contributed by atoms with Crippen LogP contribution in [0.25, 0.3) is 0 Å². The molecule has 0 aliphatic heterocycles. The average molecular weight is 190 g/mol. The van der Waals surface area contributed by atoms with E-state index >= 15 is 0 Å². The van der Waals surface area contributed by atoms with E-state index in [4.69, 9.17) is 5.11 Å². The zero-order valence-electron chi connectivity index (χ0n) is 8.45. The summed E-state index contributed by atoms with van der Waals surface area (Å²) in [6.07, 6.45) is 1.09. The molecule has 1 fully saturated rings. The SMILES string of the molecule is CC1(C)CC1c1ccccc1C(=O)O. The minimum absolute atomic E-state index is 0.283. The van der Waals surface area contributed by atoms with Gasteiger partial charge in [0.15, 0.2) is 0 Å². The molecule has 74 valence electrons. The Labute approximate surface area is 83.6 Å². The predicted molar refractivity (Wildman–Crippen MR) is 54.5 cm³/mol. The summed E-state index contributed by atoms with van der Waals surface area (Å²) in [6.45, 7) is 4.35. The molecule has 1 aromatic rings. The maximum absolute atomic E-state index is 11.0. The lowest BCUT2D eigenvalue weighted by atomic mass is 9.98. The van der Waals surface area contributed by atoms with Gasteiger partial charge in [0.25, 0.3) is 0 Å². The van der Waals surface area contributed by atoms with Gasteiger partial charge >= 0.3 is 5.97 Å². The number of carboxylic acid groups (broad SMARTS) is 1. The Morgan fingerprint density at radius 1 is 1.43 bits per heavy atom. The van der Waals surface area contributed by atoms with E-state index in [-0.39, 0.29) is 5.41 Å². The summed E-state index contributed by atoms with van der Waals surface area (Å²) in [5.74, 6) is -0.391. The molecule has 2 nitrogen and oxygen atoms in total. The molecular formula is C12H14O2. The molecule has 0 saturated heterocycles. The van der Waals surface area contributed by atoms with Crippen LogP contribution in [0.1, 0.15) is 42.1 Å². The fourth-order valence-corrected chi connectivity index (χ4v) is 1.99. The second-order valence-corrected chi connectivity index (χ2v) is 4.64. The summed E-state index contributed by atoms with van der Waals surface area (Å²) in [5.41, 5.74) is 1.74. The largest absolute Gasteiger partial charge is 0.478 e. The molecule has 0 aromatic heterocycles. The normalized spacial score (nSPS) is 23.1. The quantitative estimate of drug-likeness (QED) is 0.778. The van der Waals surface area contributed by atoms with Crippen molar-refractivity contribution in [3.63, 3.8) is 0 Å². The lowest BCUT2D eigenvalue weighted by Crippen LogP contribution is -2.02. The van der Waals surface area contributed by atoms with Gasteiger partial charge in [0.1, 0.15) is 0 Å². The average Bonchev–Trinajstić information content (AvgIpc) is 2.75. The minimum Gasteiger partial charge on any atom is -0.478 e. The van der Waals surface area contributed by atoms with Gasteiger partial charge in [-0.3, -0.25) is 0 Å². The number of carbonyl (C=O) groups is 1. The minimum atomic E-state index is -0.816. The lowest BCUT2D eigenvalue weighted by Gasteiger charge is -2.06. The van der Waals surface area contributed by atoms with E-state index in [9.17, 15) is 4.79 Å². The number of rotatable bonds is 2. The summed E-state index contributed by atoms with van der Waals surface area (Å²) in [7, 11) is 0. The highest BCUT2D eigenvalue weighted by atomic mass is 16.4. The smallest absolute Gasteiger partial charge is 0.335 e. The Morgan fingerprint density at radius 2 is 2.00 bits per heavy atom. The van der Waals surface area contributed by atoms with Gasteiger partial charge in [-0.1, -0.05) is 32.0 Å². The first-order valence-electron chi connectivity index (χ1n) is 4.84. The molecule has 0 spiro atoms. The fraction of sp³-hybridized carbons (Fsp3) is 0.417. The molecule has 2 rings (SSSR count). The van der Waals surface area contributed by atoms with Crippen LogP contribution in [-0.2, 0) is 0 Å². The number of benzene rings is 1.